The van der Waals surface area contributed by atoms with Crippen molar-refractivity contribution in [3.8, 4) is 0 Å². The van der Waals surface area contributed by atoms with Crippen molar-refractivity contribution >= 4 is 11.9 Å². The maximum absolute atomic E-state index is 11.6. The molecule has 7 nitrogen and oxygen atoms in total. The van der Waals surface area contributed by atoms with Crippen LogP contribution in [0.25, 0.3) is 0 Å². The molecule has 1 fully saturated rings. The molecule has 0 aromatic heterocycles. The van der Waals surface area contributed by atoms with Crippen LogP contribution in [0.5, 0.6) is 0 Å². The van der Waals surface area contributed by atoms with E-state index in [-0.39, 0.29) is 30.8 Å². The van der Waals surface area contributed by atoms with Gasteiger partial charge in [0.25, 0.3) is 0 Å². The van der Waals surface area contributed by atoms with Crippen LogP contribution in [0.1, 0.15) is 12.8 Å². The number of amides is 1. The molecule has 0 aliphatic carbocycles. The summed E-state index contributed by atoms with van der Waals surface area (Å²) < 4.78 is 0. The summed E-state index contributed by atoms with van der Waals surface area (Å²) in [5.74, 6) is -1.23. The maximum Gasteiger partial charge on any atom is 0.320 e. The molecule has 0 aromatic carbocycles. The molecule has 0 bridgehead atoms. The Hall–Kier alpha value is -1.18. The van der Waals surface area contributed by atoms with Gasteiger partial charge in [-0.3, -0.25) is 9.59 Å². The molecular weight excluding hydrogens is 212 g/mol. The van der Waals surface area contributed by atoms with Crippen LogP contribution >= 0.6 is 0 Å². The molecule has 92 valence electrons. The van der Waals surface area contributed by atoms with Gasteiger partial charge in [-0.05, 0) is 6.42 Å². The van der Waals surface area contributed by atoms with E-state index in [9.17, 15) is 9.59 Å². The summed E-state index contributed by atoms with van der Waals surface area (Å²) in [5.41, 5.74) is 16.6. The number of carboxylic acids is 1. The van der Waals surface area contributed by atoms with Crippen LogP contribution in [-0.2, 0) is 9.59 Å². The largest absolute Gasteiger partial charge is 0.480 e. The minimum atomic E-state index is -1.09. The third kappa shape index (κ3) is 3.16. The van der Waals surface area contributed by atoms with E-state index in [1.807, 2.05) is 0 Å². The highest BCUT2D eigenvalue weighted by Gasteiger charge is 2.30. The number of carbonyl (C=O) groups excluding carboxylic acids is 1. The van der Waals surface area contributed by atoms with Gasteiger partial charge in [0, 0.05) is 31.6 Å². The van der Waals surface area contributed by atoms with Crippen LogP contribution in [0.2, 0.25) is 0 Å². The normalized spacial score (nSPS) is 26.8. The molecule has 0 unspecified atom stereocenters. The number of hydrogen-bond acceptors (Lipinski definition) is 5. The van der Waals surface area contributed by atoms with Crippen LogP contribution in [0.4, 0.5) is 0 Å². The summed E-state index contributed by atoms with van der Waals surface area (Å²) in [5, 5.41) is 8.55. The molecule has 1 aliphatic heterocycles. The Morgan fingerprint density at radius 1 is 1.31 bits per heavy atom. The van der Waals surface area contributed by atoms with Gasteiger partial charge < -0.3 is 27.2 Å². The van der Waals surface area contributed by atoms with Crippen molar-refractivity contribution in [2.45, 2.75) is 31.0 Å². The van der Waals surface area contributed by atoms with Gasteiger partial charge in [0.05, 0.1) is 0 Å². The second-order valence-corrected chi connectivity index (χ2v) is 4.11. The van der Waals surface area contributed by atoms with Crippen LogP contribution in [0.15, 0.2) is 0 Å². The number of aliphatic carboxylic acids is 1. The van der Waals surface area contributed by atoms with Crippen LogP contribution < -0.4 is 17.2 Å². The molecule has 3 atom stereocenters. The Balaban J connectivity index is 2.34. The smallest absolute Gasteiger partial charge is 0.320 e. The number of likely N-dealkylation sites (tertiary alicyclic amines) is 1. The number of nitrogens with two attached hydrogens (primary N) is 3. The van der Waals surface area contributed by atoms with Crippen LogP contribution in [-0.4, -0.2) is 53.1 Å². The fraction of sp³-hybridized carbons (Fsp3) is 0.778. The number of nitrogens with zero attached hydrogens (tertiary/aromatic N) is 1. The number of rotatable bonds is 4. The summed E-state index contributed by atoms with van der Waals surface area (Å²) in [4.78, 5) is 23.6. The summed E-state index contributed by atoms with van der Waals surface area (Å²) in [7, 11) is 0. The maximum atomic E-state index is 11.6. The molecule has 7 heteroatoms. The summed E-state index contributed by atoms with van der Waals surface area (Å²) in [6.45, 7) is 0.866. The minimum Gasteiger partial charge on any atom is -0.480 e. The topological polar surface area (TPSA) is 136 Å². The summed E-state index contributed by atoms with van der Waals surface area (Å²) >= 11 is 0. The number of carboxylic acid groups (broad SMARTS) is 1. The molecule has 16 heavy (non-hydrogen) atoms. The Morgan fingerprint density at radius 3 is 2.25 bits per heavy atom. The van der Waals surface area contributed by atoms with Crippen LogP contribution in [0, 0.1) is 0 Å². The van der Waals surface area contributed by atoms with Crippen molar-refractivity contribution in [1.82, 2.24) is 4.90 Å². The third-order valence-corrected chi connectivity index (χ3v) is 2.75. The predicted molar refractivity (Wildman–Crippen MR) is 57.4 cm³/mol. The average Bonchev–Trinajstić information content (AvgIpc) is 2.55. The van der Waals surface area contributed by atoms with E-state index >= 15 is 0 Å². The molecule has 0 radical (unpaired) electrons. The second-order valence-electron chi connectivity index (χ2n) is 4.11. The minimum absolute atomic E-state index is 0.118. The lowest BCUT2D eigenvalue weighted by molar-refractivity contribution is -0.139. The lowest BCUT2D eigenvalue weighted by atomic mass is 10.1. The molecular formula is C9H18N4O3. The van der Waals surface area contributed by atoms with E-state index in [1.165, 1.54) is 0 Å². The highest BCUT2D eigenvalue weighted by Crippen LogP contribution is 2.09. The number of carbonyl (C=O) groups is 2. The highest BCUT2D eigenvalue weighted by molar-refractivity contribution is 5.78. The number of hydrogen-bond donors (Lipinski definition) is 4. The van der Waals surface area contributed by atoms with Crippen molar-refractivity contribution in [3.63, 3.8) is 0 Å². The quantitative estimate of drug-likeness (QED) is 0.428. The Labute approximate surface area is 93.5 Å². The molecule has 1 rings (SSSR count). The zero-order chi connectivity index (χ0) is 12.3. The molecule has 7 N–H and O–H groups in total. The summed E-state index contributed by atoms with van der Waals surface area (Å²) in [6, 6.07) is -1.39. The first-order valence-corrected chi connectivity index (χ1v) is 5.19. The lowest BCUT2D eigenvalue weighted by Gasteiger charge is -2.16. The van der Waals surface area contributed by atoms with Gasteiger partial charge in [-0.15, -0.1) is 0 Å². The Kier molecular flexibility index (Phi) is 4.22. The van der Waals surface area contributed by atoms with Crippen molar-refractivity contribution in [1.29, 1.82) is 0 Å². The fourth-order valence-corrected chi connectivity index (χ4v) is 1.62. The van der Waals surface area contributed by atoms with E-state index < -0.39 is 12.0 Å². The first-order valence-electron chi connectivity index (χ1n) is 5.19. The van der Waals surface area contributed by atoms with Gasteiger partial charge in [-0.2, -0.15) is 0 Å². The van der Waals surface area contributed by atoms with Crippen molar-refractivity contribution in [2.24, 2.45) is 17.2 Å². The zero-order valence-corrected chi connectivity index (χ0v) is 9.00. The van der Waals surface area contributed by atoms with Gasteiger partial charge >= 0.3 is 5.97 Å². The third-order valence-electron chi connectivity index (χ3n) is 2.75. The first kappa shape index (κ1) is 12.9. The van der Waals surface area contributed by atoms with E-state index in [0.717, 1.165) is 0 Å². The van der Waals surface area contributed by atoms with Gasteiger partial charge in [0.15, 0.2) is 0 Å². The Morgan fingerprint density at radius 2 is 1.81 bits per heavy atom. The van der Waals surface area contributed by atoms with E-state index in [1.54, 1.807) is 4.90 Å². The van der Waals surface area contributed by atoms with Gasteiger partial charge in [-0.1, -0.05) is 0 Å². The monoisotopic (exact) mass is 230 g/mol. The average molecular weight is 230 g/mol. The molecule has 0 aromatic rings. The van der Waals surface area contributed by atoms with E-state index in [0.29, 0.717) is 13.1 Å². The molecule has 1 saturated heterocycles. The molecule has 1 heterocycles. The summed E-state index contributed by atoms with van der Waals surface area (Å²) in [6.07, 6.45) is 0.252. The highest BCUT2D eigenvalue weighted by atomic mass is 16.4. The van der Waals surface area contributed by atoms with E-state index in [4.69, 9.17) is 22.3 Å². The Bertz CT molecular complexity index is 274. The van der Waals surface area contributed by atoms with Gasteiger partial charge in [0.2, 0.25) is 5.91 Å². The first-order chi connectivity index (χ1) is 7.41. The zero-order valence-electron chi connectivity index (χ0n) is 9.00. The standard InChI is InChI=1S/C9H18N4O3/c10-5(9(15)16)1-2-8(14)13-3-6(11)7(12)4-13/h5-7H,1-4,10-12H2,(H,15,16)/t5-,6-,7+/m0/s1. The van der Waals surface area contributed by atoms with Crippen molar-refractivity contribution < 1.29 is 14.7 Å². The van der Waals surface area contributed by atoms with Crippen molar-refractivity contribution in [3.05, 3.63) is 0 Å². The van der Waals surface area contributed by atoms with E-state index in [2.05, 4.69) is 0 Å². The molecule has 1 aliphatic rings. The van der Waals surface area contributed by atoms with Crippen LogP contribution in [0.3, 0.4) is 0 Å². The molecule has 1 amide bonds. The van der Waals surface area contributed by atoms with Crippen molar-refractivity contribution in [2.75, 3.05) is 13.1 Å². The predicted octanol–water partition coefficient (Wildman–Crippen LogP) is -2.32. The SMILES string of the molecule is N[C@@H]1CN(C(=O)CC[C@H](N)C(=O)O)C[C@@H]1N. The fourth-order valence-electron chi connectivity index (χ4n) is 1.62. The van der Waals surface area contributed by atoms with Gasteiger partial charge in [0.1, 0.15) is 6.04 Å². The molecule has 0 spiro atoms. The second kappa shape index (κ2) is 5.24. The lowest BCUT2D eigenvalue weighted by Crippen LogP contribution is -2.39. The van der Waals surface area contributed by atoms with Gasteiger partial charge in [-0.25, -0.2) is 0 Å². The molecule has 0 saturated carbocycles.